The molecule has 6 heteroatoms. The first-order valence-electron chi connectivity index (χ1n) is 11.7. The molecule has 0 aliphatic heterocycles. The lowest BCUT2D eigenvalue weighted by molar-refractivity contribution is -0.140. The highest BCUT2D eigenvalue weighted by Gasteiger charge is 2.40. The minimum Gasteiger partial charge on any atom is -0.497 e. The van der Waals surface area contributed by atoms with Gasteiger partial charge in [0.1, 0.15) is 5.75 Å². The summed E-state index contributed by atoms with van der Waals surface area (Å²) in [5.41, 5.74) is 5.83. The SMILES string of the molecule is COc1cccc([C@@]2(O)CCCC[C@@H]2CN(C)C)c1.NCC1(CC(=O)O)CCCCC1. The molecule has 0 unspecified atom stereocenters. The van der Waals surface area contributed by atoms with Crippen LogP contribution in [0.1, 0.15) is 69.8 Å². The van der Waals surface area contributed by atoms with Gasteiger partial charge in [-0.1, -0.05) is 44.2 Å². The molecule has 31 heavy (non-hydrogen) atoms. The van der Waals surface area contributed by atoms with E-state index in [1.807, 2.05) is 24.3 Å². The molecule has 2 aliphatic rings. The molecule has 0 bridgehead atoms. The van der Waals surface area contributed by atoms with Crippen LogP contribution in [0.5, 0.6) is 5.75 Å². The first-order chi connectivity index (χ1) is 14.7. The zero-order valence-corrected chi connectivity index (χ0v) is 19.6. The van der Waals surface area contributed by atoms with Gasteiger partial charge in [-0.15, -0.1) is 0 Å². The van der Waals surface area contributed by atoms with E-state index in [1.165, 1.54) is 12.8 Å². The van der Waals surface area contributed by atoms with Gasteiger partial charge >= 0.3 is 5.97 Å². The summed E-state index contributed by atoms with van der Waals surface area (Å²) in [6.45, 7) is 1.45. The summed E-state index contributed by atoms with van der Waals surface area (Å²) in [5, 5.41) is 19.9. The molecule has 0 radical (unpaired) electrons. The Labute approximate surface area is 187 Å². The fraction of sp³-hybridized carbons (Fsp3) is 0.720. The molecule has 1 aromatic carbocycles. The van der Waals surface area contributed by atoms with Crippen molar-refractivity contribution in [2.75, 3.05) is 34.3 Å². The van der Waals surface area contributed by atoms with Crippen molar-refractivity contribution < 1.29 is 19.7 Å². The van der Waals surface area contributed by atoms with Crippen LogP contribution in [0.2, 0.25) is 0 Å². The topological polar surface area (TPSA) is 96.0 Å². The predicted octanol–water partition coefficient (Wildman–Crippen LogP) is 4.00. The largest absolute Gasteiger partial charge is 0.497 e. The molecular formula is C25H42N2O4. The monoisotopic (exact) mass is 434 g/mol. The molecule has 2 aliphatic carbocycles. The zero-order valence-electron chi connectivity index (χ0n) is 19.6. The molecule has 6 nitrogen and oxygen atoms in total. The third kappa shape index (κ3) is 7.19. The second-order valence-electron chi connectivity index (χ2n) is 9.70. The van der Waals surface area contributed by atoms with Crippen molar-refractivity contribution in [2.24, 2.45) is 17.1 Å². The van der Waals surface area contributed by atoms with Crippen LogP contribution in [0.4, 0.5) is 0 Å². The van der Waals surface area contributed by atoms with Crippen LogP contribution in [0.15, 0.2) is 24.3 Å². The Morgan fingerprint density at radius 3 is 2.42 bits per heavy atom. The van der Waals surface area contributed by atoms with Crippen LogP contribution in [0.3, 0.4) is 0 Å². The standard InChI is InChI=1S/C16H25NO2.C9H17NO2/c1-17(2)12-14-7-4-5-10-16(14,18)13-8-6-9-15(11-13)19-3;10-7-9(6-8(11)12)4-2-1-3-5-9/h6,8-9,11,14,18H,4-5,7,10,12H2,1-3H3;1-7,10H2,(H,11,12)/t14-,16+;/m1./s1. The average Bonchev–Trinajstić information content (AvgIpc) is 2.76. The fourth-order valence-electron chi connectivity index (χ4n) is 5.26. The van der Waals surface area contributed by atoms with Crippen molar-refractivity contribution in [3.63, 3.8) is 0 Å². The van der Waals surface area contributed by atoms with Crippen molar-refractivity contribution in [3.05, 3.63) is 29.8 Å². The molecule has 176 valence electrons. The summed E-state index contributed by atoms with van der Waals surface area (Å²) in [7, 11) is 5.81. The predicted molar refractivity (Wildman–Crippen MR) is 124 cm³/mol. The number of hydrogen-bond acceptors (Lipinski definition) is 5. The lowest BCUT2D eigenvalue weighted by Crippen LogP contribution is -2.43. The quantitative estimate of drug-likeness (QED) is 0.600. The number of carboxylic acid groups (broad SMARTS) is 1. The van der Waals surface area contributed by atoms with E-state index in [1.54, 1.807) is 7.11 Å². The number of aliphatic hydroxyl groups is 1. The number of ether oxygens (including phenoxy) is 1. The molecule has 1 aromatic rings. The average molecular weight is 435 g/mol. The van der Waals surface area contributed by atoms with Crippen LogP contribution < -0.4 is 10.5 Å². The highest BCUT2D eigenvalue weighted by atomic mass is 16.5. The van der Waals surface area contributed by atoms with E-state index in [0.717, 1.165) is 62.8 Å². The van der Waals surface area contributed by atoms with Gasteiger partial charge in [0, 0.05) is 12.5 Å². The van der Waals surface area contributed by atoms with Gasteiger partial charge in [0.2, 0.25) is 0 Å². The Hall–Kier alpha value is -1.63. The Kier molecular flexibility index (Phi) is 9.79. The third-order valence-corrected chi connectivity index (χ3v) is 7.06. The maximum Gasteiger partial charge on any atom is 0.303 e. The number of methoxy groups -OCH3 is 1. The van der Waals surface area contributed by atoms with Gasteiger partial charge in [-0.05, 0) is 69.4 Å². The molecule has 0 aromatic heterocycles. The Balaban J connectivity index is 0.000000245. The van der Waals surface area contributed by atoms with Crippen LogP contribution in [0.25, 0.3) is 0 Å². The number of hydrogen-bond donors (Lipinski definition) is 3. The van der Waals surface area contributed by atoms with Crippen LogP contribution in [-0.4, -0.2) is 55.4 Å². The highest BCUT2D eigenvalue weighted by molar-refractivity contribution is 5.67. The first kappa shape index (κ1) is 25.6. The van der Waals surface area contributed by atoms with E-state index >= 15 is 0 Å². The molecule has 4 N–H and O–H groups in total. The zero-order chi connectivity index (χ0) is 22.9. The van der Waals surface area contributed by atoms with E-state index < -0.39 is 11.6 Å². The molecule has 0 spiro atoms. The lowest BCUT2D eigenvalue weighted by atomic mass is 9.71. The molecule has 0 heterocycles. The summed E-state index contributed by atoms with van der Waals surface area (Å²) in [4.78, 5) is 12.7. The Morgan fingerprint density at radius 1 is 1.16 bits per heavy atom. The van der Waals surface area contributed by atoms with Crippen molar-refractivity contribution in [3.8, 4) is 5.75 Å². The van der Waals surface area contributed by atoms with Gasteiger partial charge in [-0.2, -0.15) is 0 Å². The molecule has 2 fully saturated rings. The van der Waals surface area contributed by atoms with Gasteiger partial charge in [0.15, 0.2) is 0 Å². The van der Waals surface area contributed by atoms with E-state index in [-0.39, 0.29) is 11.8 Å². The number of rotatable bonds is 7. The second-order valence-corrected chi connectivity index (χ2v) is 9.70. The maximum atomic E-state index is 11.2. The van der Waals surface area contributed by atoms with E-state index in [9.17, 15) is 9.90 Å². The van der Waals surface area contributed by atoms with Gasteiger partial charge in [0.05, 0.1) is 19.1 Å². The smallest absolute Gasteiger partial charge is 0.303 e. The number of nitrogens with zero attached hydrogens (tertiary/aromatic N) is 1. The molecule has 0 saturated heterocycles. The van der Waals surface area contributed by atoms with Crippen molar-refractivity contribution in [2.45, 2.75) is 69.8 Å². The maximum absolute atomic E-state index is 11.2. The van der Waals surface area contributed by atoms with E-state index in [2.05, 4.69) is 19.0 Å². The summed E-state index contributed by atoms with van der Waals surface area (Å²) in [6, 6.07) is 7.90. The fourth-order valence-corrected chi connectivity index (χ4v) is 5.26. The summed E-state index contributed by atoms with van der Waals surface area (Å²) < 4.78 is 5.29. The first-order valence-corrected chi connectivity index (χ1v) is 11.7. The van der Waals surface area contributed by atoms with Crippen molar-refractivity contribution in [1.29, 1.82) is 0 Å². The summed E-state index contributed by atoms with van der Waals surface area (Å²) >= 11 is 0. The molecule has 0 amide bonds. The second kappa shape index (κ2) is 11.8. The Bertz CT molecular complexity index is 688. The van der Waals surface area contributed by atoms with Crippen molar-refractivity contribution >= 4 is 5.97 Å². The normalized spacial score (nSPS) is 25.4. The third-order valence-electron chi connectivity index (χ3n) is 7.06. The van der Waals surface area contributed by atoms with E-state index in [4.69, 9.17) is 15.6 Å². The summed E-state index contributed by atoms with van der Waals surface area (Å²) in [6.07, 6.45) is 10.0. The molecule has 2 atom stereocenters. The Morgan fingerprint density at radius 2 is 1.84 bits per heavy atom. The number of nitrogens with two attached hydrogens (primary N) is 1. The van der Waals surface area contributed by atoms with Gasteiger partial charge in [-0.3, -0.25) is 4.79 Å². The van der Waals surface area contributed by atoms with Gasteiger partial charge in [-0.25, -0.2) is 0 Å². The molecular weight excluding hydrogens is 392 g/mol. The van der Waals surface area contributed by atoms with Gasteiger partial charge < -0.3 is 25.6 Å². The number of carboxylic acids is 1. The summed E-state index contributed by atoms with van der Waals surface area (Å²) in [5.74, 6) is 0.408. The molecule has 2 saturated carbocycles. The minimum absolute atomic E-state index is 0.0793. The van der Waals surface area contributed by atoms with Crippen LogP contribution >= 0.6 is 0 Å². The lowest BCUT2D eigenvalue weighted by Gasteiger charge is -2.41. The number of benzene rings is 1. The van der Waals surface area contributed by atoms with Gasteiger partial charge in [0.25, 0.3) is 0 Å². The molecule has 3 rings (SSSR count). The van der Waals surface area contributed by atoms with E-state index in [0.29, 0.717) is 12.5 Å². The highest BCUT2D eigenvalue weighted by Crippen LogP contribution is 2.42. The number of carbonyl (C=O) groups is 1. The van der Waals surface area contributed by atoms with Crippen molar-refractivity contribution in [1.82, 2.24) is 4.90 Å². The van der Waals surface area contributed by atoms with Crippen LogP contribution in [-0.2, 0) is 10.4 Å². The minimum atomic E-state index is -0.711. The van der Waals surface area contributed by atoms with Crippen LogP contribution in [0, 0.1) is 11.3 Å². The number of aliphatic carboxylic acids is 1.